The van der Waals surface area contributed by atoms with Crippen molar-refractivity contribution in [2.45, 2.75) is 20.3 Å². The molecule has 0 spiro atoms. The lowest BCUT2D eigenvalue weighted by Crippen LogP contribution is -2.44. The SMILES string of the molecule is COc1ccccc1N1CCC(C)(C)C(C#N)C1. The van der Waals surface area contributed by atoms with Crippen LogP contribution in [0.4, 0.5) is 5.69 Å². The van der Waals surface area contributed by atoms with Gasteiger partial charge in [-0.2, -0.15) is 5.26 Å². The van der Waals surface area contributed by atoms with E-state index >= 15 is 0 Å². The second-order valence-electron chi connectivity index (χ2n) is 5.54. The fourth-order valence-corrected chi connectivity index (χ4v) is 2.48. The Morgan fingerprint density at radius 1 is 1.39 bits per heavy atom. The van der Waals surface area contributed by atoms with Crippen LogP contribution in [0.5, 0.6) is 5.75 Å². The van der Waals surface area contributed by atoms with E-state index in [9.17, 15) is 5.26 Å². The number of methoxy groups -OCH3 is 1. The quantitative estimate of drug-likeness (QED) is 0.802. The van der Waals surface area contributed by atoms with Gasteiger partial charge in [-0.3, -0.25) is 0 Å². The molecule has 3 nitrogen and oxygen atoms in total. The fourth-order valence-electron chi connectivity index (χ4n) is 2.48. The van der Waals surface area contributed by atoms with E-state index in [0.717, 1.165) is 30.9 Å². The summed E-state index contributed by atoms with van der Waals surface area (Å²) in [6.45, 7) is 6.12. The summed E-state index contributed by atoms with van der Waals surface area (Å²) in [4.78, 5) is 2.26. The van der Waals surface area contributed by atoms with E-state index in [2.05, 4.69) is 30.9 Å². The number of rotatable bonds is 2. The lowest BCUT2D eigenvalue weighted by Gasteiger charge is -2.42. The van der Waals surface area contributed by atoms with Gasteiger partial charge in [-0.15, -0.1) is 0 Å². The van der Waals surface area contributed by atoms with Crippen molar-refractivity contribution in [2.24, 2.45) is 11.3 Å². The van der Waals surface area contributed by atoms with Gasteiger partial charge < -0.3 is 9.64 Å². The molecule has 18 heavy (non-hydrogen) atoms. The van der Waals surface area contributed by atoms with Crippen molar-refractivity contribution in [2.75, 3.05) is 25.1 Å². The molecule has 0 radical (unpaired) electrons. The van der Waals surface area contributed by atoms with E-state index in [1.165, 1.54) is 0 Å². The molecule has 3 heteroatoms. The van der Waals surface area contributed by atoms with Gasteiger partial charge in [-0.25, -0.2) is 0 Å². The zero-order valence-electron chi connectivity index (χ0n) is 11.3. The molecule has 0 aromatic heterocycles. The van der Waals surface area contributed by atoms with Crippen molar-refractivity contribution in [1.82, 2.24) is 0 Å². The van der Waals surface area contributed by atoms with E-state index in [1.54, 1.807) is 7.11 Å². The summed E-state index contributed by atoms with van der Waals surface area (Å²) in [5, 5.41) is 9.31. The predicted molar refractivity (Wildman–Crippen MR) is 72.7 cm³/mol. The fraction of sp³-hybridized carbons (Fsp3) is 0.533. The number of piperidine rings is 1. The van der Waals surface area contributed by atoms with Crippen LogP contribution >= 0.6 is 0 Å². The first-order chi connectivity index (χ1) is 8.58. The number of ether oxygens (including phenoxy) is 1. The average molecular weight is 244 g/mol. The largest absolute Gasteiger partial charge is 0.495 e. The predicted octanol–water partition coefficient (Wildman–Crippen LogP) is 3.07. The normalized spacial score (nSPS) is 22.3. The summed E-state index contributed by atoms with van der Waals surface area (Å²) in [7, 11) is 1.69. The van der Waals surface area contributed by atoms with Crippen molar-refractivity contribution in [3.05, 3.63) is 24.3 Å². The first-order valence-corrected chi connectivity index (χ1v) is 6.36. The van der Waals surface area contributed by atoms with Crippen molar-refractivity contribution < 1.29 is 4.74 Å². The van der Waals surface area contributed by atoms with Crippen LogP contribution in [0.1, 0.15) is 20.3 Å². The maximum atomic E-state index is 9.31. The highest BCUT2D eigenvalue weighted by Crippen LogP contribution is 2.39. The molecule has 1 atom stereocenters. The number of benzene rings is 1. The van der Waals surface area contributed by atoms with Crippen LogP contribution in [0.15, 0.2) is 24.3 Å². The molecule has 1 aromatic carbocycles. The summed E-state index contributed by atoms with van der Waals surface area (Å²) in [6, 6.07) is 10.5. The number of hydrogen-bond donors (Lipinski definition) is 0. The highest BCUT2D eigenvalue weighted by atomic mass is 16.5. The van der Waals surface area contributed by atoms with Gasteiger partial charge in [0.1, 0.15) is 5.75 Å². The van der Waals surface area contributed by atoms with E-state index < -0.39 is 0 Å². The monoisotopic (exact) mass is 244 g/mol. The molecule has 1 aliphatic heterocycles. The third-order valence-corrected chi connectivity index (χ3v) is 3.95. The number of para-hydroxylation sites is 2. The second-order valence-corrected chi connectivity index (χ2v) is 5.54. The molecule has 1 aliphatic rings. The molecular formula is C15H20N2O. The minimum Gasteiger partial charge on any atom is -0.495 e. The Morgan fingerprint density at radius 3 is 2.78 bits per heavy atom. The van der Waals surface area contributed by atoms with E-state index in [-0.39, 0.29) is 11.3 Å². The van der Waals surface area contributed by atoms with Crippen molar-refractivity contribution >= 4 is 5.69 Å². The Balaban J connectivity index is 2.24. The third-order valence-electron chi connectivity index (χ3n) is 3.95. The Hall–Kier alpha value is -1.69. The Morgan fingerprint density at radius 2 is 2.11 bits per heavy atom. The molecule has 0 saturated carbocycles. The summed E-state index contributed by atoms with van der Waals surface area (Å²) < 4.78 is 5.39. The lowest BCUT2D eigenvalue weighted by atomic mass is 9.74. The molecule has 1 aromatic rings. The van der Waals surface area contributed by atoms with Gasteiger partial charge in [0.15, 0.2) is 0 Å². The van der Waals surface area contributed by atoms with Gasteiger partial charge >= 0.3 is 0 Å². The highest BCUT2D eigenvalue weighted by Gasteiger charge is 2.36. The Kier molecular flexibility index (Phi) is 3.47. The topological polar surface area (TPSA) is 36.3 Å². The molecule has 0 N–H and O–H groups in total. The molecule has 96 valence electrons. The van der Waals surface area contributed by atoms with Crippen molar-refractivity contribution in [3.8, 4) is 11.8 Å². The van der Waals surface area contributed by atoms with Crippen LogP contribution in [0.25, 0.3) is 0 Å². The zero-order valence-corrected chi connectivity index (χ0v) is 11.3. The Bertz CT molecular complexity index is 462. The van der Waals surface area contributed by atoms with Gasteiger partial charge in [0.05, 0.1) is 24.8 Å². The van der Waals surface area contributed by atoms with Crippen LogP contribution in [-0.4, -0.2) is 20.2 Å². The summed E-state index contributed by atoms with van der Waals surface area (Å²) >= 11 is 0. The average Bonchev–Trinajstić information content (AvgIpc) is 2.38. The number of hydrogen-bond acceptors (Lipinski definition) is 3. The van der Waals surface area contributed by atoms with Crippen LogP contribution in [0.3, 0.4) is 0 Å². The molecule has 1 unspecified atom stereocenters. The first kappa shape index (κ1) is 12.8. The lowest BCUT2D eigenvalue weighted by molar-refractivity contribution is 0.217. The molecule has 1 fully saturated rings. The van der Waals surface area contributed by atoms with E-state index in [0.29, 0.717) is 0 Å². The highest BCUT2D eigenvalue weighted by molar-refractivity contribution is 5.58. The van der Waals surface area contributed by atoms with Gasteiger partial charge in [0.2, 0.25) is 0 Å². The standard InChI is InChI=1S/C15H20N2O/c1-15(2)8-9-17(11-12(15)10-16)13-6-4-5-7-14(13)18-3/h4-7,12H,8-9,11H2,1-3H3. The second kappa shape index (κ2) is 4.89. The van der Waals surface area contributed by atoms with Gasteiger partial charge in [0, 0.05) is 13.1 Å². The molecule has 1 heterocycles. The first-order valence-electron chi connectivity index (χ1n) is 6.36. The molecular weight excluding hydrogens is 224 g/mol. The van der Waals surface area contributed by atoms with Gasteiger partial charge in [-0.1, -0.05) is 26.0 Å². The van der Waals surface area contributed by atoms with Crippen LogP contribution in [0, 0.1) is 22.7 Å². The minimum atomic E-state index is 0.0659. The summed E-state index contributed by atoms with van der Waals surface area (Å²) in [5.41, 5.74) is 1.20. The summed E-state index contributed by atoms with van der Waals surface area (Å²) in [6.07, 6.45) is 1.03. The zero-order chi connectivity index (χ0) is 13.2. The van der Waals surface area contributed by atoms with Gasteiger partial charge in [-0.05, 0) is 24.0 Å². The number of nitrogens with zero attached hydrogens (tertiary/aromatic N) is 2. The third kappa shape index (κ3) is 2.28. The molecule has 2 rings (SSSR count). The number of anilines is 1. The van der Waals surface area contributed by atoms with Crippen LogP contribution < -0.4 is 9.64 Å². The number of nitriles is 1. The molecule has 0 bridgehead atoms. The smallest absolute Gasteiger partial charge is 0.142 e. The molecule has 1 saturated heterocycles. The van der Waals surface area contributed by atoms with E-state index in [1.807, 2.05) is 18.2 Å². The molecule has 0 aliphatic carbocycles. The van der Waals surface area contributed by atoms with Gasteiger partial charge in [0.25, 0.3) is 0 Å². The van der Waals surface area contributed by atoms with Crippen LogP contribution in [0.2, 0.25) is 0 Å². The van der Waals surface area contributed by atoms with Crippen molar-refractivity contribution in [3.63, 3.8) is 0 Å². The Labute approximate surface area is 109 Å². The van der Waals surface area contributed by atoms with Crippen LogP contribution in [-0.2, 0) is 0 Å². The minimum absolute atomic E-state index is 0.0659. The molecule has 0 amide bonds. The summed E-state index contributed by atoms with van der Waals surface area (Å²) in [5.74, 6) is 0.949. The maximum Gasteiger partial charge on any atom is 0.142 e. The van der Waals surface area contributed by atoms with Crippen molar-refractivity contribution in [1.29, 1.82) is 5.26 Å². The van der Waals surface area contributed by atoms with E-state index in [4.69, 9.17) is 4.74 Å². The maximum absolute atomic E-state index is 9.31.